The van der Waals surface area contributed by atoms with E-state index in [1.807, 2.05) is 6.92 Å². The summed E-state index contributed by atoms with van der Waals surface area (Å²) in [6.07, 6.45) is 3.12. The van der Waals surface area contributed by atoms with Crippen LogP contribution in [0.15, 0.2) is 18.3 Å². The van der Waals surface area contributed by atoms with Crippen molar-refractivity contribution in [3.05, 3.63) is 35.3 Å². The number of nitrogens with one attached hydrogen (secondary N) is 1. The van der Waals surface area contributed by atoms with E-state index < -0.39 is 0 Å². The minimum absolute atomic E-state index is 0.250. The first-order chi connectivity index (χ1) is 13.9. The Morgan fingerprint density at radius 2 is 1.86 bits per heavy atom. The summed E-state index contributed by atoms with van der Waals surface area (Å²) in [5.41, 5.74) is 6.85. The standard InChI is InChI=1S/C23H33N5O/c1-8-17(13-29-7)28-12-15(5)20-23(28)25-16(6)21(27-20)18-10-11-19(14(3)4)26-22(18)24-9-2/h10-12,14,17H,8-9,13H2,1-7H3,(H,24,26)/t17-/m1/s1. The average Bonchev–Trinajstić information content (AvgIpc) is 3.01. The molecule has 0 amide bonds. The normalized spacial score (nSPS) is 12.7. The molecular weight excluding hydrogens is 362 g/mol. The topological polar surface area (TPSA) is 64.9 Å². The first kappa shape index (κ1) is 21.2. The van der Waals surface area contributed by atoms with Gasteiger partial charge >= 0.3 is 0 Å². The molecule has 1 atom stereocenters. The van der Waals surface area contributed by atoms with E-state index in [-0.39, 0.29) is 6.04 Å². The second-order valence-electron chi connectivity index (χ2n) is 7.88. The molecule has 0 spiro atoms. The summed E-state index contributed by atoms with van der Waals surface area (Å²) >= 11 is 0. The zero-order valence-electron chi connectivity index (χ0n) is 18.7. The van der Waals surface area contributed by atoms with E-state index in [1.165, 1.54) is 0 Å². The predicted octanol–water partition coefficient (Wildman–Crippen LogP) is 5.26. The Bertz CT molecular complexity index is 993. The van der Waals surface area contributed by atoms with Gasteiger partial charge in [-0.25, -0.2) is 15.0 Å². The van der Waals surface area contributed by atoms with E-state index >= 15 is 0 Å². The lowest BCUT2D eigenvalue weighted by molar-refractivity contribution is 0.154. The van der Waals surface area contributed by atoms with Crippen molar-refractivity contribution in [2.75, 3.05) is 25.6 Å². The maximum Gasteiger partial charge on any atom is 0.159 e. The second-order valence-corrected chi connectivity index (χ2v) is 7.88. The Labute approximate surface area is 173 Å². The lowest BCUT2D eigenvalue weighted by Crippen LogP contribution is -2.14. The fourth-order valence-electron chi connectivity index (χ4n) is 3.69. The number of aryl methyl sites for hydroxylation is 2. The summed E-state index contributed by atoms with van der Waals surface area (Å²) in [7, 11) is 1.74. The summed E-state index contributed by atoms with van der Waals surface area (Å²) in [5.74, 6) is 1.25. The molecule has 0 fully saturated rings. The summed E-state index contributed by atoms with van der Waals surface area (Å²) < 4.78 is 7.63. The smallest absolute Gasteiger partial charge is 0.159 e. The lowest BCUT2D eigenvalue weighted by atomic mass is 10.1. The van der Waals surface area contributed by atoms with E-state index in [4.69, 9.17) is 19.7 Å². The Morgan fingerprint density at radius 1 is 1.10 bits per heavy atom. The number of methoxy groups -OCH3 is 1. The van der Waals surface area contributed by atoms with Crippen LogP contribution in [0, 0.1) is 13.8 Å². The molecule has 0 aliphatic rings. The van der Waals surface area contributed by atoms with Gasteiger partial charge in [0.15, 0.2) is 5.65 Å². The van der Waals surface area contributed by atoms with E-state index in [2.05, 4.69) is 62.8 Å². The molecule has 0 bridgehead atoms. The third kappa shape index (κ3) is 4.13. The Kier molecular flexibility index (Phi) is 6.52. The van der Waals surface area contributed by atoms with Gasteiger partial charge in [0.05, 0.1) is 24.0 Å². The maximum atomic E-state index is 5.42. The van der Waals surface area contributed by atoms with E-state index in [0.717, 1.165) is 58.2 Å². The Morgan fingerprint density at radius 3 is 2.48 bits per heavy atom. The number of fused-ring (bicyclic) bond motifs is 1. The summed E-state index contributed by atoms with van der Waals surface area (Å²) in [5, 5.41) is 3.41. The minimum Gasteiger partial charge on any atom is -0.383 e. The largest absolute Gasteiger partial charge is 0.383 e. The number of rotatable bonds is 8. The second kappa shape index (κ2) is 8.91. The van der Waals surface area contributed by atoms with Crippen molar-refractivity contribution in [3.8, 4) is 11.3 Å². The van der Waals surface area contributed by atoms with Crippen molar-refractivity contribution in [3.63, 3.8) is 0 Å². The molecule has 3 heterocycles. The first-order valence-electron chi connectivity index (χ1n) is 10.5. The number of hydrogen-bond acceptors (Lipinski definition) is 5. The van der Waals surface area contributed by atoms with Gasteiger partial charge in [-0.2, -0.15) is 0 Å². The Hall–Kier alpha value is -2.47. The summed E-state index contributed by atoms with van der Waals surface area (Å²) in [6.45, 7) is 14.2. The van der Waals surface area contributed by atoms with Crippen molar-refractivity contribution in [2.45, 2.75) is 59.9 Å². The van der Waals surface area contributed by atoms with Crippen LogP contribution in [0.3, 0.4) is 0 Å². The molecule has 3 rings (SSSR count). The summed E-state index contributed by atoms with van der Waals surface area (Å²) in [4.78, 5) is 14.9. The fourth-order valence-corrected chi connectivity index (χ4v) is 3.69. The molecule has 156 valence electrons. The van der Waals surface area contributed by atoms with Gasteiger partial charge in [0.2, 0.25) is 0 Å². The maximum absolute atomic E-state index is 5.42. The number of aromatic nitrogens is 4. The lowest BCUT2D eigenvalue weighted by Gasteiger charge is -2.18. The highest BCUT2D eigenvalue weighted by atomic mass is 16.5. The first-order valence-corrected chi connectivity index (χ1v) is 10.5. The zero-order valence-corrected chi connectivity index (χ0v) is 18.7. The molecule has 0 aliphatic heterocycles. The van der Waals surface area contributed by atoms with E-state index in [0.29, 0.717) is 12.5 Å². The molecule has 0 radical (unpaired) electrons. The van der Waals surface area contributed by atoms with Crippen LogP contribution in [0.4, 0.5) is 5.82 Å². The predicted molar refractivity (Wildman–Crippen MR) is 120 cm³/mol. The third-order valence-corrected chi connectivity index (χ3v) is 5.33. The molecule has 1 N–H and O–H groups in total. The van der Waals surface area contributed by atoms with Gasteiger partial charge in [0, 0.05) is 31.1 Å². The molecule has 0 saturated carbocycles. The third-order valence-electron chi connectivity index (χ3n) is 5.33. The van der Waals surface area contributed by atoms with Crippen LogP contribution < -0.4 is 5.32 Å². The minimum atomic E-state index is 0.250. The van der Waals surface area contributed by atoms with Gasteiger partial charge in [-0.1, -0.05) is 20.8 Å². The van der Waals surface area contributed by atoms with Crippen LogP contribution in [0.5, 0.6) is 0 Å². The van der Waals surface area contributed by atoms with Gasteiger partial charge in [0.25, 0.3) is 0 Å². The number of ether oxygens (including phenoxy) is 1. The quantitative estimate of drug-likeness (QED) is 0.563. The molecular formula is C23H33N5O. The van der Waals surface area contributed by atoms with Gasteiger partial charge in [-0.3, -0.25) is 0 Å². The number of anilines is 1. The van der Waals surface area contributed by atoms with Gasteiger partial charge in [-0.15, -0.1) is 0 Å². The van der Waals surface area contributed by atoms with Gasteiger partial charge in [-0.05, 0) is 50.8 Å². The fraction of sp³-hybridized carbons (Fsp3) is 0.522. The monoisotopic (exact) mass is 395 g/mol. The zero-order chi connectivity index (χ0) is 21.1. The number of hydrogen-bond donors (Lipinski definition) is 1. The van der Waals surface area contributed by atoms with Crippen LogP contribution in [0.1, 0.15) is 63.0 Å². The van der Waals surface area contributed by atoms with Crippen molar-refractivity contribution < 1.29 is 4.74 Å². The molecule has 6 nitrogen and oxygen atoms in total. The van der Waals surface area contributed by atoms with E-state index in [1.54, 1.807) is 7.11 Å². The van der Waals surface area contributed by atoms with Crippen molar-refractivity contribution in [1.29, 1.82) is 0 Å². The van der Waals surface area contributed by atoms with Crippen LogP contribution in [-0.4, -0.2) is 39.8 Å². The molecule has 0 unspecified atom stereocenters. The average molecular weight is 396 g/mol. The molecule has 29 heavy (non-hydrogen) atoms. The van der Waals surface area contributed by atoms with Crippen LogP contribution >= 0.6 is 0 Å². The van der Waals surface area contributed by atoms with Crippen molar-refractivity contribution in [2.24, 2.45) is 0 Å². The molecule has 3 aromatic heterocycles. The number of pyridine rings is 1. The highest BCUT2D eigenvalue weighted by molar-refractivity contribution is 5.82. The van der Waals surface area contributed by atoms with Crippen LogP contribution in [0.2, 0.25) is 0 Å². The Balaban J connectivity index is 2.17. The van der Waals surface area contributed by atoms with Gasteiger partial charge < -0.3 is 14.6 Å². The van der Waals surface area contributed by atoms with Crippen molar-refractivity contribution >= 4 is 17.0 Å². The SMILES string of the molecule is CCNc1nc(C(C)C)ccc1-c1nc2c(C)cn([C@H](CC)COC)c2nc1C. The molecule has 0 saturated heterocycles. The molecule has 0 aromatic carbocycles. The molecule has 3 aromatic rings. The summed E-state index contributed by atoms with van der Waals surface area (Å²) in [6, 6.07) is 4.46. The highest BCUT2D eigenvalue weighted by Crippen LogP contribution is 2.32. The number of nitrogens with zero attached hydrogens (tertiary/aromatic N) is 4. The molecule has 6 heteroatoms. The molecule has 0 aliphatic carbocycles. The van der Waals surface area contributed by atoms with Gasteiger partial charge in [0.1, 0.15) is 11.3 Å². The highest BCUT2D eigenvalue weighted by Gasteiger charge is 2.20. The van der Waals surface area contributed by atoms with E-state index in [9.17, 15) is 0 Å². The van der Waals surface area contributed by atoms with Crippen LogP contribution in [0.25, 0.3) is 22.4 Å². The van der Waals surface area contributed by atoms with Crippen LogP contribution in [-0.2, 0) is 4.74 Å². The van der Waals surface area contributed by atoms with Crippen molar-refractivity contribution in [1.82, 2.24) is 19.5 Å².